The lowest BCUT2D eigenvalue weighted by molar-refractivity contribution is -0.154. The van der Waals surface area contributed by atoms with Crippen molar-refractivity contribution in [1.29, 1.82) is 5.26 Å². The van der Waals surface area contributed by atoms with Crippen LogP contribution in [0.1, 0.15) is 31.2 Å². The summed E-state index contributed by atoms with van der Waals surface area (Å²) in [5.41, 5.74) is 0.920. The van der Waals surface area contributed by atoms with Crippen molar-refractivity contribution in [2.24, 2.45) is 11.8 Å². The van der Waals surface area contributed by atoms with Crippen LogP contribution in [0.5, 0.6) is 0 Å². The van der Waals surface area contributed by atoms with Gasteiger partial charge in [-0.2, -0.15) is 5.26 Å². The van der Waals surface area contributed by atoms with Crippen LogP contribution in [0.25, 0.3) is 0 Å². The average Bonchev–Trinajstić information content (AvgIpc) is 2.92. The van der Waals surface area contributed by atoms with Crippen LogP contribution < -0.4 is 5.32 Å². The predicted molar refractivity (Wildman–Crippen MR) is 92.9 cm³/mol. The van der Waals surface area contributed by atoms with Crippen LogP contribution in [0.3, 0.4) is 0 Å². The summed E-state index contributed by atoms with van der Waals surface area (Å²) in [5, 5.41) is 11.3. The summed E-state index contributed by atoms with van der Waals surface area (Å²) in [6.45, 7) is -0.989. The van der Waals surface area contributed by atoms with Crippen molar-refractivity contribution >= 4 is 29.4 Å². The minimum atomic E-state index is -0.801. The van der Waals surface area contributed by atoms with Gasteiger partial charge in [-0.05, 0) is 37.1 Å². The Morgan fingerprint density at radius 1 is 1.11 bits per heavy atom. The van der Waals surface area contributed by atoms with E-state index in [1.54, 1.807) is 24.3 Å². The number of esters is 1. The van der Waals surface area contributed by atoms with Gasteiger partial charge < -0.3 is 10.1 Å². The quantitative estimate of drug-likeness (QED) is 0.616. The summed E-state index contributed by atoms with van der Waals surface area (Å²) in [6.07, 6.45) is 3.17. The van der Waals surface area contributed by atoms with E-state index < -0.39 is 25.0 Å². The Bertz CT molecular complexity index is 788. The van der Waals surface area contributed by atoms with Crippen molar-refractivity contribution in [2.45, 2.75) is 25.7 Å². The zero-order valence-electron chi connectivity index (χ0n) is 14.6. The largest absolute Gasteiger partial charge is 0.454 e. The Morgan fingerprint density at radius 3 is 2.26 bits per heavy atom. The number of rotatable bonds is 5. The zero-order valence-corrected chi connectivity index (χ0v) is 14.6. The van der Waals surface area contributed by atoms with Crippen molar-refractivity contribution in [1.82, 2.24) is 4.90 Å². The fraction of sp³-hybridized carbons (Fsp3) is 0.421. The fourth-order valence-electron chi connectivity index (χ4n) is 3.53. The molecule has 1 aliphatic heterocycles. The van der Waals surface area contributed by atoms with Crippen LogP contribution in [0.15, 0.2) is 24.3 Å². The van der Waals surface area contributed by atoms with Crippen molar-refractivity contribution < 1.29 is 23.9 Å². The lowest BCUT2D eigenvalue weighted by Gasteiger charge is -2.19. The first-order valence-electron chi connectivity index (χ1n) is 8.80. The van der Waals surface area contributed by atoms with Gasteiger partial charge in [-0.25, -0.2) is 0 Å². The number of likely N-dealkylation sites (tertiary alicyclic amines) is 1. The van der Waals surface area contributed by atoms with Crippen molar-refractivity contribution in [3.8, 4) is 6.07 Å². The number of hydrogen-bond donors (Lipinski definition) is 1. The number of imide groups is 1. The highest BCUT2D eigenvalue weighted by Crippen LogP contribution is 2.37. The molecule has 2 aliphatic rings. The summed E-state index contributed by atoms with van der Waals surface area (Å²) in [5.74, 6) is -2.63. The number of benzene rings is 1. The van der Waals surface area contributed by atoms with Crippen LogP contribution in [-0.2, 0) is 23.9 Å². The van der Waals surface area contributed by atoms with E-state index >= 15 is 0 Å². The summed E-state index contributed by atoms with van der Waals surface area (Å²) in [6, 6.07) is 8.17. The van der Waals surface area contributed by atoms with Crippen LogP contribution >= 0.6 is 0 Å². The molecule has 3 rings (SSSR count). The van der Waals surface area contributed by atoms with Gasteiger partial charge in [-0.3, -0.25) is 24.1 Å². The van der Waals surface area contributed by atoms with Gasteiger partial charge in [-0.1, -0.05) is 12.8 Å². The lowest BCUT2D eigenvalue weighted by Crippen LogP contribution is -2.37. The van der Waals surface area contributed by atoms with E-state index in [9.17, 15) is 19.2 Å². The van der Waals surface area contributed by atoms with E-state index in [0.717, 1.165) is 17.7 Å². The molecule has 1 saturated carbocycles. The Morgan fingerprint density at radius 2 is 1.70 bits per heavy atom. The molecule has 3 amide bonds. The Labute approximate surface area is 156 Å². The van der Waals surface area contributed by atoms with Crippen LogP contribution in [-0.4, -0.2) is 41.7 Å². The van der Waals surface area contributed by atoms with Gasteiger partial charge in [0.15, 0.2) is 6.61 Å². The lowest BCUT2D eigenvalue weighted by atomic mass is 9.81. The molecule has 1 aromatic carbocycles. The van der Waals surface area contributed by atoms with Crippen LogP contribution in [0, 0.1) is 23.2 Å². The van der Waals surface area contributed by atoms with E-state index in [2.05, 4.69) is 5.32 Å². The van der Waals surface area contributed by atoms with Crippen LogP contribution in [0.4, 0.5) is 5.69 Å². The molecule has 0 spiro atoms. The number of ether oxygens (including phenoxy) is 1. The first-order valence-corrected chi connectivity index (χ1v) is 8.80. The standard InChI is InChI=1S/C19H19N3O5/c20-9-12-5-7-13(8-6-12)21-16(23)11-27-17(24)10-22-18(25)14-3-1-2-4-15(14)19(22)26/h5-8,14-15H,1-4,10-11H2,(H,21,23). The summed E-state index contributed by atoms with van der Waals surface area (Å²) in [4.78, 5) is 49.4. The van der Waals surface area contributed by atoms with Crippen molar-refractivity contribution in [3.63, 3.8) is 0 Å². The predicted octanol–water partition coefficient (Wildman–Crippen LogP) is 1.22. The van der Waals surface area contributed by atoms with E-state index in [4.69, 9.17) is 10.00 Å². The monoisotopic (exact) mass is 369 g/mol. The average molecular weight is 369 g/mol. The third-order valence-corrected chi connectivity index (χ3v) is 4.88. The number of nitrogens with zero attached hydrogens (tertiary/aromatic N) is 2. The molecule has 2 unspecified atom stereocenters. The second-order valence-corrected chi connectivity index (χ2v) is 6.66. The second kappa shape index (κ2) is 7.99. The molecule has 0 radical (unpaired) electrons. The maximum atomic E-state index is 12.3. The number of hydrogen-bond acceptors (Lipinski definition) is 6. The number of carbonyl (C=O) groups excluding carboxylic acids is 4. The molecule has 0 aromatic heterocycles. The molecule has 1 aromatic rings. The summed E-state index contributed by atoms with van der Waals surface area (Å²) < 4.78 is 4.88. The number of nitriles is 1. The number of anilines is 1. The Balaban J connectivity index is 1.47. The van der Waals surface area contributed by atoms with Crippen molar-refractivity contribution in [3.05, 3.63) is 29.8 Å². The fourth-order valence-corrected chi connectivity index (χ4v) is 3.53. The normalized spacial score (nSPS) is 21.4. The summed E-state index contributed by atoms with van der Waals surface area (Å²) in [7, 11) is 0. The first kappa shape index (κ1) is 18.6. The molecule has 1 saturated heterocycles. The SMILES string of the molecule is N#Cc1ccc(NC(=O)COC(=O)CN2C(=O)C3CCCCC3C2=O)cc1. The smallest absolute Gasteiger partial charge is 0.326 e. The highest BCUT2D eigenvalue weighted by molar-refractivity contribution is 6.07. The molecule has 8 heteroatoms. The number of nitrogens with one attached hydrogen (secondary N) is 1. The second-order valence-electron chi connectivity index (χ2n) is 6.66. The van der Waals surface area contributed by atoms with E-state index in [1.165, 1.54) is 0 Å². The minimum Gasteiger partial charge on any atom is -0.454 e. The highest BCUT2D eigenvalue weighted by Gasteiger charge is 2.48. The highest BCUT2D eigenvalue weighted by atomic mass is 16.5. The molecule has 27 heavy (non-hydrogen) atoms. The molecule has 2 fully saturated rings. The first-order chi connectivity index (χ1) is 13.0. The third-order valence-electron chi connectivity index (χ3n) is 4.88. The molecule has 140 valence electrons. The molecule has 1 N–H and O–H groups in total. The van der Waals surface area contributed by atoms with Gasteiger partial charge in [-0.15, -0.1) is 0 Å². The molecule has 8 nitrogen and oxygen atoms in total. The van der Waals surface area contributed by atoms with E-state index in [-0.39, 0.29) is 23.7 Å². The molecule has 0 bridgehead atoms. The third kappa shape index (κ3) is 4.14. The van der Waals surface area contributed by atoms with Gasteiger partial charge in [0.05, 0.1) is 23.5 Å². The molecule has 1 heterocycles. The summed E-state index contributed by atoms with van der Waals surface area (Å²) >= 11 is 0. The molecule has 1 aliphatic carbocycles. The topological polar surface area (TPSA) is 117 Å². The molecular formula is C19H19N3O5. The number of amides is 3. The van der Waals surface area contributed by atoms with Gasteiger partial charge >= 0.3 is 5.97 Å². The number of carbonyl (C=O) groups is 4. The molecular weight excluding hydrogens is 350 g/mol. The zero-order chi connectivity index (χ0) is 19.4. The maximum Gasteiger partial charge on any atom is 0.326 e. The minimum absolute atomic E-state index is 0.316. The maximum absolute atomic E-state index is 12.3. The van der Waals surface area contributed by atoms with Crippen LogP contribution in [0.2, 0.25) is 0 Å². The Kier molecular flexibility index (Phi) is 5.50. The van der Waals surface area contributed by atoms with Gasteiger partial charge in [0.2, 0.25) is 11.8 Å². The van der Waals surface area contributed by atoms with Gasteiger partial charge in [0.25, 0.3) is 5.91 Å². The Hall–Kier alpha value is -3.21. The van der Waals surface area contributed by atoms with E-state index in [1.807, 2.05) is 6.07 Å². The number of fused-ring (bicyclic) bond motifs is 1. The van der Waals surface area contributed by atoms with Gasteiger partial charge in [0, 0.05) is 5.69 Å². The molecule has 2 atom stereocenters. The van der Waals surface area contributed by atoms with E-state index in [0.29, 0.717) is 24.1 Å². The van der Waals surface area contributed by atoms with Crippen molar-refractivity contribution in [2.75, 3.05) is 18.5 Å². The van der Waals surface area contributed by atoms with Gasteiger partial charge in [0.1, 0.15) is 6.54 Å².